The van der Waals surface area contributed by atoms with Crippen LogP contribution in [0.5, 0.6) is 0 Å². The SMILES string of the molecule is CC.CC1CCC(C(=O)N(CC2CCC[N+](N)(OC(=O)C(C)(F)F)C2)c2cc(-c3ccccc3)sc2C(=O)O)CC1. The number of carboxylic acids is 1. The first kappa shape index (κ1) is 32.6. The number of hydrogen-bond acceptors (Lipinski definition) is 6. The minimum atomic E-state index is -3.68. The smallest absolute Gasteiger partial charge is 0.437 e. The van der Waals surface area contributed by atoms with Crippen LogP contribution in [0.15, 0.2) is 36.4 Å². The van der Waals surface area contributed by atoms with Crippen LogP contribution in [0.4, 0.5) is 14.5 Å². The number of thiophene rings is 1. The van der Waals surface area contributed by atoms with Gasteiger partial charge in [0.2, 0.25) is 5.91 Å². The number of nitrogens with two attached hydrogens (primary N) is 1. The third-order valence-corrected chi connectivity index (χ3v) is 8.83. The molecule has 3 N–H and O–H groups in total. The van der Waals surface area contributed by atoms with E-state index in [0.717, 1.165) is 47.5 Å². The van der Waals surface area contributed by atoms with E-state index in [4.69, 9.17) is 10.7 Å². The van der Waals surface area contributed by atoms with Crippen molar-refractivity contribution in [1.82, 2.24) is 0 Å². The van der Waals surface area contributed by atoms with Gasteiger partial charge in [-0.1, -0.05) is 55.9 Å². The molecule has 2 aliphatic rings. The van der Waals surface area contributed by atoms with Crippen LogP contribution in [0.2, 0.25) is 0 Å². The van der Waals surface area contributed by atoms with Gasteiger partial charge in [-0.15, -0.1) is 17.2 Å². The van der Waals surface area contributed by atoms with Crippen molar-refractivity contribution in [2.24, 2.45) is 23.6 Å². The molecule has 0 spiro atoms. The highest BCUT2D eigenvalue weighted by Crippen LogP contribution is 2.40. The second-order valence-corrected chi connectivity index (χ2v) is 12.1. The number of rotatable bonds is 8. The summed E-state index contributed by atoms with van der Waals surface area (Å²) in [5.74, 6) is -0.430. The lowest BCUT2D eigenvalue weighted by atomic mass is 9.82. The van der Waals surface area contributed by atoms with Crippen LogP contribution < -0.4 is 10.7 Å². The van der Waals surface area contributed by atoms with Crippen LogP contribution >= 0.6 is 11.3 Å². The number of aromatic carboxylic acids is 1. The number of nitrogens with zero attached hydrogens (tertiary/aromatic N) is 2. The topological polar surface area (TPSA) is 110 Å². The number of quaternary nitrogens is 1. The fraction of sp³-hybridized carbons (Fsp3) is 0.567. The van der Waals surface area contributed by atoms with Crippen molar-refractivity contribution in [3.63, 3.8) is 0 Å². The van der Waals surface area contributed by atoms with Crippen molar-refractivity contribution in [3.8, 4) is 10.4 Å². The number of benzene rings is 1. The molecule has 2 atom stereocenters. The number of anilines is 1. The monoisotopic (exact) mass is 594 g/mol. The van der Waals surface area contributed by atoms with E-state index in [1.165, 1.54) is 0 Å². The lowest BCUT2D eigenvalue weighted by molar-refractivity contribution is -1.10. The van der Waals surface area contributed by atoms with Crippen molar-refractivity contribution in [2.45, 2.75) is 72.1 Å². The van der Waals surface area contributed by atoms with Gasteiger partial charge in [0.25, 0.3) is 0 Å². The maximum Gasteiger partial charge on any atom is 0.437 e. The van der Waals surface area contributed by atoms with Crippen molar-refractivity contribution >= 4 is 34.9 Å². The fourth-order valence-corrected chi connectivity index (χ4v) is 6.52. The predicted octanol–water partition coefficient (Wildman–Crippen LogP) is 6.51. The molecule has 226 valence electrons. The van der Waals surface area contributed by atoms with Gasteiger partial charge in [-0.05, 0) is 49.7 Å². The van der Waals surface area contributed by atoms with Gasteiger partial charge < -0.3 is 10.0 Å². The van der Waals surface area contributed by atoms with Crippen molar-refractivity contribution < 1.29 is 37.9 Å². The molecule has 2 heterocycles. The van der Waals surface area contributed by atoms with Crippen LogP contribution in [0.3, 0.4) is 0 Å². The molecule has 8 nitrogen and oxygen atoms in total. The number of alkyl halides is 2. The van der Waals surface area contributed by atoms with Crippen LogP contribution in [0.25, 0.3) is 10.4 Å². The second-order valence-electron chi connectivity index (χ2n) is 11.0. The molecule has 1 amide bonds. The second kappa shape index (κ2) is 13.8. The molecule has 4 rings (SSSR count). The molecule has 1 aliphatic heterocycles. The van der Waals surface area contributed by atoms with Gasteiger partial charge in [-0.2, -0.15) is 8.78 Å². The van der Waals surface area contributed by atoms with Gasteiger partial charge >= 0.3 is 17.9 Å². The third kappa shape index (κ3) is 8.33. The molecule has 1 aromatic heterocycles. The molecular formula is C30H42F2N3O5S+. The normalized spacial score (nSPS) is 24.5. The average Bonchev–Trinajstić information content (AvgIpc) is 3.38. The van der Waals surface area contributed by atoms with E-state index in [2.05, 4.69) is 6.92 Å². The van der Waals surface area contributed by atoms with Crippen LogP contribution in [-0.4, -0.2) is 53.3 Å². The fourth-order valence-electron chi connectivity index (χ4n) is 5.52. The van der Waals surface area contributed by atoms with E-state index in [1.54, 1.807) is 11.0 Å². The quantitative estimate of drug-likeness (QED) is 0.266. The highest BCUT2D eigenvalue weighted by Gasteiger charge is 2.45. The number of hydrogen-bond donors (Lipinski definition) is 2. The Bertz CT molecular complexity index is 1190. The standard InChI is InChI=1S/C28H35F2N3O5S.C2H6/c1-18-10-12-21(13-11-18)25(34)32(16-19-7-6-14-33(31,17-19)38-27(37)28(2,29)30)22-15-23(39-24(22)26(35)36)20-8-4-3-5-9-20;1-2/h3-5,8-9,15,18-19,21H,6-7,10-14,16-17,31H2,1-2H3;1-2H3/p+1. The van der Waals surface area contributed by atoms with Gasteiger partial charge in [-0.25, -0.2) is 14.4 Å². The van der Waals surface area contributed by atoms with E-state index in [-0.39, 0.29) is 42.3 Å². The van der Waals surface area contributed by atoms with Crippen molar-refractivity contribution in [3.05, 3.63) is 41.3 Å². The third-order valence-electron chi connectivity index (χ3n) is 7.67. The predicted molar refractivity (Wildman–Crippen MR) is 155 cm³/mol. The lowest BCUT2D eigenvalue weighted by Gasteiger charge is -2.39. The van der Waals surface area contributed by atoms with Crippen LogP contribution in [-0.2, 0) is 14.4 Å². The molecule has 11 heteroatoms. The molecule has 1 aliphatic carbocycles. The first-order chi connectivity index (χ1) is 19.4. The number of amides is 1. The molecule has 41 heavy (non-hydrogen) atoms. The van der Waals surface area contributed by atoms with E-state index >= 15 is 0 Å². The molecule has 0 bridgehead atoms. The van der Waals surface area contributed by atoms with Gasteiger partial charge in [0.1, 0.15) is 18.0 Å². The number of hydroxylamine groups is 2. The Hall–Kier alpha value is -2.89. The molecule has 2 fully saturated rings. The summed E-state index contributed by atoms with van der Waals surface area (Å²) < 4.78 is 26.2. The average molecular weight is 595 g/mol. The Balaban J connectivity index is 0.00000226. The van der Waals surface area contributed by atoms with E-state index in [1.807, 2.05) is 44.2 Å². The van der Waals surface area contributed by atoms with Gasteiger partial charge in [0.05, 0.1) is 5.69 Å². The first-order valence-corrected chi connectivity index (χ1v) is 15.2. The van der Waals surface area contributed by atoms with Gasteiger partial charge in [0.15, 0.2) is 0 Å². The number of carbonyl (C=O) groups is 3. The number of piperidine rings is 1. The highest BCUT2D eigenvalue weighted by molar-refractivity contribution is 7.18. The Kier molecular flexibility index (Phi) is 11.0. The number of halogens is 2. The summed E-state index contributed by atoms with van der Waals surface area (Å²) >= 11 is 1.11. The number of carbonyl (C=O) groups excluding carboxylic acids is 2. The summed E-state index contributed by atoms with van der Waals surface area (Å²) in [7, 11) is 0. The number of carboxylic acid groups (broad SMARTS) is 1. The summed E-state index contributed by atoms with van der Waals surface area (Å²) in [5, 5.41) is 10.1. The van der Waals surface area contributed by atoms with E-state index < -0.39 is 22.6 Å². The summed E-state index contributed by atoms with van der Waals surface area (Å²) in [6.45, 7) is 6.97. The largest absolute Gasteiger partial charge is 0.477 e. The maximum atomic E-state index is 14.0. The Labute approximate surface area is 244 Å². The Morgan fingerprint density at radius 3 is 2.34 bits per heavy atom. The molecule has 1 aromatic carbocycles. The van der Waals surface area contributed by atoms with E-state index in [9.17, 15) is 28.3 Å². The van der Waals surface area contributed by atoms with E-state index in [0.29, 0.717) is 31.4 Å². The summed E-state index contributed by atoms with van der Waals surface area (Å²) in [5.41, 5.74) is 1.17. The zero-order chi connectivity index (χ0) is 30.4. The summed E-state index contributed by atoms with van der Waals surface area (Å²) in [6.07, 6.45) is 4.40. The van der Waals surface area contributed by atoms with Gasteiger partial charge in [0, 0.05) is 36.6 Å². The van der Waals surface area contributed by atoms with Gasteiger partial charge in [-0.3, -0.25) is 4.79 Å². The summed E-state index contributed by atoms with van der Waals surface area (Å²) in [4.78, 5) is 45.6. The van der Waals surface area contributed by atoms with Crippen molar-refractivity contribution in [2.75, 3.05) is 24.5 Å². The molecule has 0 radical (unpaired) electrons. The van der Waals surface area contributed by atoms with Crippen LogP contribution in [0.1, 0.15) is 75.9 Å². The maximum absolute atomic E-state index is 14.0. The minimum absolute atomic E-state index is 0.0331. The molecule has 2 unspecified atom stereocenters. The molecule has 1 saturated carbocycles. The van der Waals surface area contributed by atoms with Crippen LogP contribution in [0, 0.1) is 17.8 Å². The summed E-state index contributed by atoms with van der Waals surface area (Å²) in [6, 6.07) is 11.1. The lowest BCUT2D eigenvalue weighted by Crippen LogP contribution is -2.62. The minimum Gasteiger partial charge on any atom is -0.477 e. The zero-order valence-electron chi connectivity index (χ0n) is 24.3. The molecule has 2 aromatic rings. The molecular weight excluding hydrogens is 552 g/mol. The molecule has 1 saturated heterocycles. The first-order valence-electron chi connectivity index (χ1n) is 14.4. The van der Waals surface area contributed by atoms with Crippen molar-refractivity contribution in [1.29, 1.82) is 0 Å². The highest BCUT2D eigenvalue weighted by atomic mass is 32.1. The Morgan fingerprint density at radius 2 is 1.76 bits per heavy atom. The zero-order valence-corrected chi connectivity index (χ0v) is 25.1. The Morgan fingerprint density at radius 1 is 1.12 bits per heavy atom.